The minimum Gasteiger partial charge on any atom is -0.309 e. The molecule has 3 aromatic carbocycles. The Balaban J connectivity index is 2.16. The third kappa shape index (κ3) is 3.20. The second kappa shape index (κ2) is 6.46. The van der Waals surface area contributed by atoms with Crippen molar-refractivity contribution in [2.75, 3.05) is 4.90 Å². The Labute approximate surface area is 141 Å². The van der Waals surface area contributed by atoms with Crippen molar-refractivity contribution in [2.45, 2.75) is 0 Å². The number of hydrogen-bond acceptors (Lipinski definition) is 1. The molecule has 0 atom stereocenters. The molecule has 0 aliphatic rings. The van der Waals surface area contributed by atoms with Crippen molar-refractivity contribution in [2.24, 2.45) is 0 Å². The molecule has 0 bridgehead atoms. The van der Waals surface area contributed by atoms with E-state index in [0.717, 1.165) is 26.0 Å². The molecule has 0 heterocycles. The standard InChI is InChI=1S/C18H13Br2N/c19-14-10-12-16(13-11-14)21(15-6-2-1-3-7-15)18-9-5-4-8-17(18)20/h1-13H. The van der Waals surface area contributed by atoms with E-state index < -0.39 is 0 Å². The third-order valence-electron chi connectivity index (χ3n) is 3.19. The van der Waals surface area contributed by atoms with Crippen molar-refractivity contribution in [1.82, 2.24) is 0 Å². The lowest BCUT2D eigenvalue weighted by molar-refractivity contribution is 1.27. The Morgan fingerprint density at radius 1 is 0.571 bits per heavy atom. The van der Waals surface area contributed by atoms with Crippen LogP contribution in [0.4, 0.5) is 17.1 Å². The molecule has 0 N–H and O–H groups in total. The van der Waals surface area contributed by atoms with Gasteiger partial charge in [-0.05, 0) is 64.5 Å². The molecule has 0 saturated carbocycles. The third-order valence-corrected chi connectivity index (χ3v) is 4.39. The van der Waals surface area contributed by atoms with Crippen LogP contribution in [0.1, 0.15) is 0 Å². The molecule has 0 unspecified atom stereocenters. The number of halogens is 2. The maximum atomic E-state index is 3.66. The van der Waals surface area contributed by atoms with E-state index in [1.54, 1.807) is 0 Å². The molecule has 0 fully saturated rings. The van der Waals surface area contributed by atoms with Crippen LogP contribution in [0.15, 0.2) is 87.8 Å². The van der Waals surface area contributed by atoms with Crippen molar-refractivity contribution in [3.8, 4) is 0 Å². The Morgan fingerprint density at radius 2 is 1.14 bits per heavy atom. The Hall–Kier alpha value is -1.58. The second-order valence-corrected chi connectivity index (χ2v) is 6.37. The first-order chi connectivity index (χ1) is 10.3. The summed E-state index contributed by atoms with van der Waals surface area (Å²) in [5.74, 6) is 0. The summed E-state index contributed by atoms with van der Waals surface area (Å²) in [7, 11) is 0. The predicted octanol–water partition coefficient (Wildman–Crippen LogP) is 6.68. The molecule has 0 amide bonds. The van der Waals surface area contributed by atoms with Crippen LogP contribution in [0.5, 0.6) is 0 Å². The second-order valence-electron chi connectivity index (χ2n) is 4.60. The topological polar surface area (TPSA) is 3.24 Å². The minimum absolute atomic E-state index is 1.07. The zero-order valence-corrected chi connectivity index (χ0v) is 14.4. The summed E-state index contributed by atoms with van der Waals surface area (Å²) in [4.78, 5) is 2.23. The summed E-state index contributed by atoms with van der Waals surface area (Å²) in [6.45, 7) is 0. The van der Waals surface area contributed by atoms with Gasteiger partial charge in [0.1, 0.15) is 0 Å². The number of benzene rings is 3. The van der Waals surface area contributed by atoms with Crippen molar-refractivity contribution in [1.29, 1.82) is 0 Å². The first-order valence-corrected chi connectivity index (χ1v) is 8.19. The van der Waals surface area contributed by atoms with E-state index in [2.05, 4.69) is 103 Å². The fourth-order valence-electron chi connectivity index (χ4n) is 2.23. The van der Waals surface area contributed by atoms with Gasteiger partial charge in [-0.1, -0.05) is 46.3 Å². The van der Waals surface area contributed by atoms with Crippen LogP contribution in [-0.2, 0) is 0 Å². The molecule has 3 rings (SSSR count). The number of hydrogen-bond donors (Lipinski definition) is 0. The highest BCUT2D eigenvalue weighted by molar-refractivity contribution is 9.10. The van der Waals surface area contributed by atoms with Gasteiger partial charge in [0.25, 0.3) is 0 Å². The van der Waals surface area contributed by atoms with E-state index >= 15 is 0 Å². The summed E-state index contributed by atoms with van der Waals surface area (Å²) in [6.07, 6.45) is 0. The van der Waals surface area contributed by atoms with E-state index in [1.807, 2.05) is 12.1 Å². The lowest BCUT2D eigenvalue weighted by Gasteiger charge is -2.26. The van der Waals surface area contributed by atoms with E-state index in [9.17, 15) is 0 Å². The first-order valence-electron chi connectivity index (χ1n) is 6.61. The average molecular weight is 403 g/mol. The molecule has 21 heavy (non-hydrogen) atoms. The van der Waals surface area contributed by atoms with Gasteiger partial charge in [-0.25, -0.2) is 0 Å². The molecule has 104 valence electrons. The molecule has 0 spiro atoms. The average Bonchev–Trinajstić information content (AvgIpc) is 2.52. The fourth-order valence-corrected chi connectivity index (χ4v) is 2.95. The summed E-state index contributed by atoms with van der Waals surface area (Å²) >= 11 is 7.15. The Bertz CT molecular complexity index is 724. The van der Waals surface area contributed by atoms with Crippen molar-refractivity contribution >= 4 is 48.9 Å². The zero-order valence-electron chi connectivity index (χ0n) is 11.2. The molecular weight excluding hydrogens is 390 g/mol. The number of nitrogens with zero attached hydrogens (tertiary/aromatic N) is 1. The maximum absolute atomic E-state index is 3.66. The fraction of sp³-hybridized carbons (Fsp3) is 0. The molecule has 3 heteroatoms. The Morgan fingerprint density at radius 3 is 1.81 bits per heavy atom. The summed E-state index contributed by atoms with van der Waals surface area (Å²) in [5, 5.41) is 0. The summed E-state index contributed by atoms with van der Waals surface area (Å²) in [5.41, 5.74) is 3.37. The number of anilines is 3. The van der Waals surface area contributed by atoms with Crippen molar-refractivity contribution < 1.29 is 0 Å². The lowest BCUT2D eigenvalue weighted by atomic mass is 10.2. The van der Waals surface area contributed by atoms with Crippen molar-refractivity contribution in [3.63, 3.8) is 0 Å². The van der Waals surface area contributed by atoms with Gasteiger partial charge in [0.15, 0.2) is 0 Å². The van der Waals surface area contributed by atoms with Crippen LogP contribution in [-0.4, -0.2) is 0 Å². The van der Waals surface area contributed by atoms with Crippen molar-refractivity contribution in [3.05, 3.63) is 87.8 Å². The normalized spacial score (nSPS) is 10.4. The zero-order chi connectivity index (χ0) is 14.7. The van der Waals surface area contributed by atoms with Gasteiger partial charge in [0.05, 0.1) is 5.69 Å². The van der Waals surface area contributed by atoms with Gasteiger partial charge in [0.2, 0.25) is 0 Å². The largest absolute Gasteiger partial charge is 0.309 e. The molecule has 0 aromatic heterocycles. The van der Waals surface area contributed by atoms with Gasteiger partial charge in [-0.3, -0.25) is 0 Å². The van der Waals surface area contributed by atoms with Crippen LogP contribution < -0.4 is 4.90 Å². The summed E-state index contributed by atoms with van der Waals surface area (Å²) < 4.78 is 2.14. The van der Waals surface area contributed by atoms with Crippen LogP contribution >= 0.6 is 31.9 Å². The first kappa shape index (κ1) is 14.4. The highest BCUT2D eigenvalue weighted by Crippen LogP contribution is 2.38. The molecule has 0 radical (unpaired) electrons. The van der Waals surface area contributed by atoms with Gasteiger partial charge in [-0.2, -0.15) is 0 Å². The molecule has 0 aliphatic heterocycles. The quantitative estimate of drug-likeness (QED) is 0.472. The van der Waals surface area contributed by atoms with Crippen LogP contribution in [0, 0.1) is 0 Å². The Kier molecular flexibility index (Phi) is 4.42. The van der Waals surface area contributed by atoms with Gasteiger partial charge < -0.3 is 4.90 Å². The molecular formula is C18H13Br2N. The van der Waals surface area contributed by atoms with Gasteiger partial charge in [0, 0.05) is 20.3 Å². The minimum atomic E-state index is 1.07. The number of para-hydroxylation sites is 2. The monoisotopic (exact) mass is 401 g/mol. The smallest absolute Gasteiger partial charge is 0.0603 e. The molecule has 3 aromatic rings. The summed E-state index contributed by atoms with van der Waals surface area (Å²) in [6, 6.07) is 26.9. The van der Waals surface area contributed by atoms with E-state index in [1.165, 1.54) is 0 Å². The van der Waals surface area contributed by atoms with E-state index in [4.69, 9.17) is 0 Å². The van der Waals surface area contributed by atoms with Crippen LogP contribution in [0.2, 0.25) is 0 Å². The SMILES string of the molecule is Brc1ccc(N(c2ccccc2)c2ccccc2Br)cc1. The van der Waals surface area contributed by atoms with E-state index in [-0.39, 0.29) is 0 Å². The molecule has 0 saturated heterocycles. The highest BCUT2D eigenvalue weighted by Gasteiger charge is 2.14. The van der Waals surface area contributed by atoms with Crippen LogP contribution in [0.25, 0.3) is 0 Å². The van der Waals surface area contributed by atoms with Gasteiger partial charge >= 0.3 is 0 Å². The van der Waals surface area contributed by atoms with E-state index in [0.29, 0.717) is 0 Å². The van der Waals surface area contributed by atoms with Gasteiger partial charge in [-0.15, -0.1) is 0 Å². The molecule has 0 aliphatic carbocycles. The highest BCUT2D eigenvalue weighted by atomic mass is 79.9. The molecule has 1 nitrogen and oxygen atoms in total. The lowest BCUT2D eigenvalue weighted by Crippen LogP contribution is -2.10. The maximum Gasteiger partial charge on any atom is 0.0603 e. The van der Waals surface area contributed by atoms with Crippen LogP contribution in [0.3, 0.4) is 0 Å². The predicted molar refractivity (Wildman–Crippen MR) is 96.5 cm³/mol. The number of rotatable bonds is 3.